The van der Waals surface area contributed by atoms with Crippen molar-refractivity contribution in [3.63, 3.8) is 0 Å². The molecular weight excluding hydrogens is 348 g/mol. The number of carbonyl (C=O) groups is 1. The lowest BCUT2D eigenvalue weighted by Crippen LogP contribution is -2.26. The standard InChI is InChI=1S/C21H19F2N3O/c22-17-7-5-15(6-8-17)13-25-18-9-10-20(26-14-18)21(27)24-12-11-16-3-1-2-4-19(16)23/h1-10,14,25H,11-13H2,(H,24,27). The van der Waals surface area contributed by atoms with E-state index >= 15 is 0 Å². The predicted octanol–water partition coefficient (Wildman–Crippen LogP) is 3.94. The summed E-state index contributed by atoms with van der Waals surface area (Å²) in [5.41, 5.74) is 2.54. The molecule has 2 aromatic carbocycles. The minimum absolute atomic E-state index is 0.272. The summed E-state index contributed by atoms with van der Waals surface area (Å²) in [4.78, 5) is 16.3. The predicted molar refractivity (Wildman–Crippen MR) is 100 cm³/mol. The number of carbonyl (C=O) groups excluding carboxylic acids is 1. The van der Waals surface area contributed by atoms with Crippen molar-refractivity contribution in [1.82, 2.24) is 10.3 Å². The number of aromatic nitrogens is 1. The highest BCUT2D eigenvalue weighted by Crippen LogP contribution is 2.10. The molecule has 0 saturated carbocycles. The summed E-state index contributed by atoms with van der Waals surface area (Å²) in [6.07, 6.45) is 1.98. The molecule has 1 heterocycles. The van der Waals surface area contributed by atoms with Crippen LogP contribution in [0.5, 0.6) is 0 Å². The van der Waals surface area contributed by atoms with E-state index < -0.39 is 0 Å². The fourth-order valence-corrected chi connectivity index (χ4v) is 2.54. The van der Waals surface area contributed by atoms with Gasteiger partial charge in [-0.05, 0) is 47.9 Å². The molecule has 3 rings (SSSR count). The van der Waals surface area contributed by atoms with E-state index in [0.29, 0.717) is 25.1 Å². The Hall–Kier alpha value is -3.28. The maximum absolute atomic E-state index is 13.5. The highest BCUT2D eigenvalue weighted by atomic mass is 19.1. The third kappa shape index (κ3) is 5.34. The van der Waals surface area contributed by atoms with Gasteiger partial charge in [0.15, 0.2) is 0 Å². The van der Waals surface area contributed by atoms with Crippen molar-refractivity contribution < 1.29 is 13.6 Å². The van der Waals surface area contributed by atoms with Crippen molar-refractivity contribution in [1.29, 1.82) is 0 Å². The van der Waals surface area contributed by atoms with Crippen molar-refractivity contribution in [3.8, 4) is 0 Å². The van der Waals surface area contributed by atoms with E-state index in [9.17, 15) is 13.6 Å². The summed E-state index contributed by atoms with van der Waals surface area (Å²) in [5, 5.41) is 5.89. The van der Waals surface area contributed by atoms with Crippen LogP contribution in [-0.4, -0.2) is 17.4 Å². The molecule has 0 atom stereocenters. The van der Waals surface area contributed by atoms with Crippen molar-refractivity contribution in [3.05, 3.63) is 95.3 Å². The van der Waals surface area contributed by atoms with Crippen molar-refractivity contribution >= 4 is 11.6 Å². The number of nitrogens with one attached hydrogen (secondary N) is 2. The first-order chi connectivity index (χ1) is 13.1. The first kappa shape index (κ1) is 18.5. The van der Waals surface area contributed by atoms with Crippen LogP contribution in [0.2, 0.25) is 0 Å². The van der Waals surface area contributed by atoms with E-state index in [-0.39, 0.29) is 23.2 Å². The Kier molecular flexibility index (Phi) is 6.10. The Labute approximate surface area is 156 Å². The van der Waals surface area contributed by atoms with Crippen LogP contribution in [0.15, 0.2) is 66.9 Å². The van der Waals surface area contributed by atoms with Crippen LogP contribution in [0.4, 0.5) is 14.5 Å². The molecule has 0 spiro atoms. The van der Waals surface area contributed by atoms with E-state index in [0.717, 1.165) is 11.3 Å². The van der Waals surface area contributed by atoms with Gasteiger partial charge in [0.2, 0.25) is 0 Å². The smallest absolute Gasteiger partial charge is 0.269 e. The highest BCUT2D eigenvalue weighted by molar-refractivity contribution is 5.92. The zero-order valence-corrected chi connectivity index (χ0v) is 14.6. The number of pyridine rings is 1. The lowest BCUT2D eigenvalue weighted by molar-refractivity contribution is 0.0949. The summed E-state index contributed by atoms with van der Waals surface area (Å²) in [6, 6.07) is 16.1. The summed E-state index contributed by atoms with van der Waals surface area (Å²) in [5.74, 6) is -0.858. The summed E-state index contributed by atoms with van der Waals surface area (Å²) >= 11 is 0. The molecule has 3 aromatic rings. The van der Waals surface area contributed by atoms with Gasteiger partial charge in [0, 0.05) is 13.1 Å². The molecule has 0 aliphatic heterocycles. The van der Waals surface area contributed by atoms with Gasteiger partial charge in [-0.15, -0.1) is 0 Å². The zero-order chi connectivity index (χ0) is 19.1. The Bertz CT molecular complexity index is 896. The summed E-state index contributed by atoms with van der Waals surface area (Å²) in [7, 11) is 0. The molecule has 0 unspecified atom stereocenters. The number of benzene rings is 2. The average molecular weight is 367 g/mol. The molecule has 0 fully saturated rings. The minimum Gasteiger partial charge on any atom is -0.380 e. The molecule has 0 bridgehead atoms. The lowest BCUT2D eigenvalue weighted by atomic mass is 10.1. The molecule has 0 radical (unpaired) electrons. The number of hydrogen-bond donors (Lipinski definition) is 2. The second-order valence-corrected chi connectivity index (χ2v) is 6.01. The van der Waals surface area contributed by atoms with Crippen LogP contribution >= 0.6 is 0 Å². The largest absolute Gasteiger partial charge is 0.380 e. The van der Waals surface area contributed by atoms with Crippen LogP contribution in [0.1, 0.15) is 21.6 Å². The van der Waals surface area contributed by atoms with Gasteiger partial charge in [-0.1, -0.05) is 30.3 Å². The molecule has 0 aliphatic carbocycles. The zero-order valence-electron chi connectivity index (χ0n) is 14.6. The van der Waals surface area contributed by atoms with Crippen molar-refractivity contribution in [2.75, 3.05) is 11.9 Å². The minimum atomic E-state index is -0.309. The number of anilines is 1. The Morgan fingerprint density at radius 2 is 1.74 bits per heavy atom. The molecule has 6 heteroatoms. The van der Waals surface area contributed by atoms with Crippen LogP contribution in [-0.2, 0) is 13.0 Å². The van der Waals surface area contributed by atoms with E-state index in [1.807, 2.05) is 0 Å². The monoisotopic (exact) mass is 367 g/mol. The van der Waals surface area contributed by atoms with Gasteiger partial charge in [-0.25, -0.2) is 13.8 Å². The summed E-state index contributed by atoms with van der Waals surface area (Å²) < 4.78 is 26.4. The van der Waals surface area contributed by atoms with Crippen LogP contribution in [0.3, 0.4) is 0 Å². The van der Waals surface area contributed by atoms with Gasteiger partial charge < -0.3 is 10.6 Å². The molecule has 1 amide bonds. The third-order valence-corrected chi connectivity index (χ3v) is 4.04. The van der Waals surface area contributed by atoms with Gasteiger partial charge in [0.05, 0.1) is 11.9 Å². The first-order valence-electron chi connectivity index (χ1n) is 8.58. The van der Waals surface area contributed by atoms with Crippen LogP contribution < -0.4 is 10.6 Å². The summed E-state index contributed by atoms with van der Waals surface area (Å²) in [6.45, 7) is 0.849. The maximum atomic E-state index is 13.5. The number of rotatable bonds is 7. The molecule has 1 aromatic heterocycles. The van der Waals surface area contributed by atoms with Crippen molar-refractivity contribution in [2.24, 2.45) is 0 Å². The maximum Gasteiger partial charge on any atom is 0.269 e. The van der Waals surface area contributed by atoms with Crippen LogP contribution in [0, 0.1) is 11.6 Å². The number of nitrogens with zero attached hydrogens (tertiary/aromatic N) is 1. The second-order valence-electron chi connectivity index (χ2n) is 6.01. The SMILES string of the molecule is O=C(NCCc1ccccc1F)c1ccc(NCc2ccc(F)cc2)cn1. The van der Waals surface area contributed by atoms with Gasteiger partial charge in [-0.2, -0.15) is 0 Å². The highest BCUT2D eigenvalue weighted by Gasteiger charge is 2.07. The Balaban J connectivity index is 1.48. The number of amides is 1. The topological polar surface area (TPSA) is 54.0 Å². The Morgan fingerprint density at radius 3 is 2.44 bits per heavy atom. The molecule has 4 nitrogen and oxygen atoms in total. The lowest BCUT2D eigenvalue weighted by Gasteiger charge is -2.08. The van der Waals surface area contributed by atoms with Gasteiger partial charge in [0.25, 0.3) is 5.91 Å². The number of hydrogen-bond acceptors (Lipinski definition) is 3. The molecule has 138 valence electrons. The van der Waals surface area contributed by atoms with E-state index in [4.69, 9.17) is 0 Å². The fourth-order valence-electron chi connectivity index (χ4n) is 2.54. The molecular formula is C21H19F2N3O. The van der Waals surface area contributed by atoms with Crippen LogP contribution in [0.25, 0.3) is 0 Å². The van der Waals surface area contributed by atoms with Crippen molar-refractivity contribution in [2.45, 2.75) is 13.0 Å². The first-order valence-corrected chi connectivity index (χ1v) is 8.58. The van der Waals surface area contributed by atoms with Gasteiger partial charge in [0.1, 0.15) is 17.3 Å². The average Bonchev–Trinajstić information content (AvgIpc) is 2.69. The van der Waals surface area contributed by atoms with E-state index in [1.54, 1.807) is 48.7 Å². The van der Waals surface area contributed by atoms with E-state index in [1.165, 1.54) is 18.2 Å². The molecule has 0 aliphatic rings. The normalized spacial score (nSPS) is 10.4. The number of halogens is 2. The van der Waals surface area contributed by atoms with Gasteiger partial charge >= 0.3 is 0 Å². The fraction of sp³-hybridized carbons (Fsp3) is 0.143. The van der Waals surface area contributed by atoms with Gasteiger partial charge in [-0.3, -0.25) is 4.79 Å². The molecule has 27 heavy (non-hydrogen) atoms. The third-order valence-electron chi connectivity index (χ3n) is 4.04. The second kappa shape index (κ2) is 8.89. The molecule has 0 saturated heterocycles. The van der Waals surface area contributed by atoms with E-state index in [2.05, 4.69) is 15.6 Å². The Morgan fingerprint density at radius 1 is 0.963 bits per heavy atom. The quantitative estimate of drug-likeness (QED) is 0.665. The molecule has 2 N–H and O–H groups in total.